The number of hydrogen-bond donors (Lipinski definition) is 1. The van der Waals surface area contributed by atoms with Crippen molar-refractivity contribution in [2.75, 3.05) is 5.32 Å². The van der Waals surface area contributed by atoms with Gasteiger partial charge in [-0.1, -0.05) is 0 Å². The van der Waals surface area contributed by atoms with Crippen LogP contribution in [0.25, 0.3) is 5.69 Å². The van der Waals surface area contributed by atoms with E-state index in [4.69, 9.17) is 4.74 Å². The Bertz CT molecular complexity index is 691. The molecule has 1 heterocycles. The van der Waals surface area contributed by atoms with Gasteiger partial charge in [-0.15, -0.1) is 0 Å². The molecule has 1 aromatic carbocycles. The van der Waals surface area contributed by atoms with E-state index in [1.807, 2.05) is 0 Å². The number of hydrogen-bond acceptors (Lipinski definition) is 4. The van der Waals surface area contributed by atoms with Crippen LogP contribution in [-0.2, 0) is 10.9 Å². The highest BCUT2D eigenvalue weighted by molar-refractivity contribution is 5.85. The highest BCUT2D eigenvalue weighted by Crippen LogP contribution is 2.32. The van der Waals surface area contributed by atoms with Gasteiger partial charge in [0.15, 0.2) is 0 Å². The van der Waals surface area contributed by atoms with Crippen LogP contribution in [-0.4, -0.2) is 26.7 Å². The first kappa shape index (κ1) is 16.8. The Morgan fingerprint density at radius 2 is 1.74 bits per heavy atom. The predicted molar refractivity (Wildman–Crippen MR) is 76.2 cm³/mol. The first-order valence-corrected chi connectivity index (χ1v) is 6.63. The number of nitrogens with zero attached hydrogens (tertiary/aromatic N) is 3. The van der Waals surface area contributed by atoms with Crippen LogP contribution < -0.4 is 5.32 Å². The molecule has 23 heavy (non-hydrogen) atoms. The third kappa shape index (κ3) is 4.70. The fraction of sp³-hybridized carbons (Fsp3) is 0.357. The van der Waals surface area contributed by atoms with Gasteiger partial charge in [-0.3, -0.25) is 5.32 Å². The molecule has 0 fully saturated rings. The van der Waals surface area contributed by atoms with Crippen molar-refractivity contribution >= 4 is 11.8 Å². The molecule has 1 aromatic heterocycles. The van der Waals surface area contributed by atoms with E-state index in [0.29, 0.717) is 0 Å². The average Bonchev–Trinajstić information content (AvgIpc) is 2.88. The maximum Gasteiger partial charge on any atom is 0.416 e. The summed E-state index contributed by atoms with van der Waals surface area (Å²) in [5.41, 5.74) is -1.70. The summed E-state index contributed by atoms with van der Waals surface area (Å²) < 4.78 is 44.0. The second-order valence-corrected chi connectivity index (χ2v) is 5.71. The van der Waals surface area contributed by atoms with Crippen molar-refractivity contribution < 1.29 is 22.7 Å². The molecule has 2 rings (SSSR count). The molecule has 0 bridgehead atoms. The van der Waals surface area contributed by atoms with Crippen molar-refractivity contribution in [1.82, 2.24) is 15.0 Å². The molecule has 6 nitrogen and oxygen atoms in total. The van der Waals surface area contributed by atoms with Crippen molar-refractivity contribution in [2.45, 2.75) is 32.5 Å². The Morgan fingerprint density at radius 1 is 1.13 bits per heavy atom. The number of alkyl halides is 3. The van der Waals surface area contributed by atoms with Gasteiger partial charge in [0.2, 0.25) is 0 Å². The maximum absolute atomic E-state index is 13.0. The smallest absolute Gasteiger partial charge is 0.416 e. The number of aromatic nitrogens is 3. The normalized spacial score (nSPS) is 12.1. The summed E-state index contributed by atoms with van der Waals surface area (Å²) in [6.45, 7) is 4.95. The lowest BCUT2D eigenvalue weighted by Crippen LogP contribution is -2.27. The number of carbonyl (C=O) groups excluding carboxylic acids is 1. The molecule has 1 amide bonds. The molecular weight excluding hydrogens is 313 g/mol. The maximum atomic E-state index is 13.0. The largest absolute Gasteiger partial charge is 0.444 e. The second kappa shape index (κ2) is 5.90. The number of halogens is 3. The van der Waals surface area contributed by atoms with E-state index in [1.165, 1.54) is 18.5 Å². The van der Waals surface area contributed by atoms with Gasteiger partial charge in [0.1, 0.15) is 5.60 Å². The van der Waals surface area contributed by atoms with Crippen molar-refractivity contribution in [3.05, 3.63) is 36.2 Å². The Morgan fingerprint density at radius 3 is 2.26 bits per heavy atom. The lowest BCUT2D eigenvalue weighted by Gasteiger charge is -2.20. The second-order valence-electron chi connectivity index (χ2n) is 5.71. The molecule has 0 saturated heterocycles. The summed E-state index contributed by atoms with van der Waals surface area (Å²) in [6.07, 6.45) is -2.76. The molecule has 0 radical (unpaired) electrons. The average molecular weight is 328 g/mol. The number of nitrogens with one attached hydrogen (secondary N) is 1. The lowest BCUT2D eigenvalue weighted by atomic mass is 10.1. The molecule has 0 unspecified atom stereocenters. The van der Waals surface area contributed by atoms with Crippen LogP contribution in [0, 0.1) is 0 Å². The quantitative estimate of drug-likeness (QED) is 0.914. The fourth-order valence-corrected chi connectivity index (χ4v) is 1.73. The highest BCUT2D eigenvalue weighted by atomic mass is 19.4. The molecular formula is C14H15F3N4O2. The third-order valence-electron chi connectivity index (χ3n) is 2.54. The van der Waals surface area contributed by atoms with Gasteiger partial charge in [0.25, 0.3) is 0 Å². The minimum atomic E-state index is -4.58. The Balaban J connectivity index is 2.35. The molecule has 0 aliphatic rings. The molecule has 0 atom stereocenters. The summed E-state index contributed by atoms with van der Waals surface area (Å²) >= 11 is 0. The Kier molecular flexibility index (Phi) is 4.31. The van der Waals surface area contributed by atoms with Crippen molar-refractivity contribution in [2.24, 2.45) is 0 Å². The minimum absolute atomic E-state index is 0.0656. The fourth-order valence-electron chi connectivity index (χ4n) is 1.73. The van der Waals surface area contributed by atoms with Crippen LogP contribution in [0.5, 0.6) is 0 Å². The number of anilines is 1. The van der Waals surface area contributed by atoms with Crippen LogP contribution in [0.2, 0.25) is 0 Å². The molecule has 2 aromatic rings. The zero-order chi connectivity index (χ0) is 17.3. The van der Waals surface area contributed by atoms with Gasteiger partial charge in [-0.25, -0.2) is 4.79 Å². The highest BCUT2D eigenvalue weighted by Gasteiger charge is 2.32. The summed E-state index contributed by atoms with van der Waals surface area (Å²) in [4.78, 5) is 12.8. The van der Waals surface area contributed by atoms with Crippen molar-refractivity contribution in [1.29, 1.82) is 0 Å². The summed E-state index contributed by atoms with van der Waals surface area (Å²) in [5.74, 6) is 0. The van der Waals surface area contributed by atoms with Gasteiger partial charge in [-0.2, -0.15) is 28.2 Å². The third-order valence-corrected chi connectivity index (χ3v) is 2.54. The Labute approximate surface area is 130 Å². The van der Waals surface area contributed by atoms with E-state index in [9.17, 15) is 18.0 Å². The number of rotatable bonds is 2. The van der Waals surface area contributed by atoms with Gasteiger partial charge in [0.05, 0.1) is 23.6 Å². The predicted octanol–water partition coefficient (Wildman–Crippen LogP) is 3.63. The lowest BCUT2D eigenvalue weighted by molar-refractivity contribution is -0.137. The van der Waals surface area contributed by atoms with Crippen LogP contribution in [0.4, 0.5) is 23.7 Å². The standard InChI is InChI=1S/C14H15F3N4O2/c1-13(2,3)23-12(22)20-10-6-9(14(15,16)17)7-11(8-10)21-18-4-5-19-21/h4-8H,1-3H3,(H,20,22). The minimum Gasteiger partial charge on any atom is -0.444 e. The van der Waals surface area contributed by atoms with Crippen LogP contribution >= 0.6 is 0 Å². The monoisotopic (exact) mass is 328 g/mol. The summed E-state index contributed by atoms with van der Waals surface area (Å²) in [7, 11) is 0. The molecule has 0 aliphatic heterocycles. The molecule has 9 heteroatoms. The van der Waals surface area contributed by atoms with E-state index in [-0.39, 0.29) is 11.4 Å². The van der Waals surface area contributed by atoms with Crippen molar-refractivity contribution in [3.8, 4) is 5.69 Å². The van der Waals surface area contributed by atoms with E-state index < -0.39 is 23.4 Å². The van der Waals surface area contributed by atoms with Crippen LogP contribution in [0.3, 0.4) is 0 Å². The Hall–Kier alpha value is -2.58. The first-order chi connectivity index (χ1) is 10.5. The van der Waals surface area contributed by atoms with Gasteiger partial charge >= 0.3 is 12.3 Å². The van der Waals surface area contributed by atoms with Gasteiger partial charge < -0.3 is 4.74 Å². The first-order valence-electron chi connectivity index (χ1n) is 6.63. The molecule has 0 aliphatic carbocycles. The molecule has 0 saturated carbocycles. The van der Waals surface area contributed by atoms with E-state index >= 15 is 0 Å². The van der Waals surface area contributed by atoms with Crippen LogP contribution in [0.15, 0.2) is 30.6 Å². The topological polar surface area (TPSA) is 69.0 Å². The number of amides is 1. The number of carbonyl (C=O) groups is 1. The summed E-state index contributed by atoms with van der Waals surface area (Å²) in [5, 5.41) is 9.85. The van der Waals surface area contributed by atoms with Crippen LogP contribution in [0.1, 0.15) is 26.3 Å². The van der Waals surface area contributed by atoms with E-state index in [0.717, 1.165) is 16.9 Å². The summed E-state index contributed by atoms with van der Waals surface area (Å²) in [6, 6.07) is 3.02. The van der Waals surface area contributed by atoms with Gasteiger partial charge in [0, 0.05) is 5.69 Å². The number of benzene rings is 1. The molecule has 124 valence electrons. The van der Waals surface area contributed by atoms with E-state index in [2.05, 4.69) is 15.5 Å². The molecule has 1 N–H and O–H groups in total. The van der Waals surface area contributed by atoms with Crippen molar-refractivity contribution in [3.63, 3.8) is 0 Å². The molecule has 0 spiro atoms. The van der Waals surface area contributed by atoms with E-state index in [1.54, 1.807) is 20.8 Å². The zero-order valence-electron chi connectivity index (χ0n) is 12.7. The number of ether oxygens (including phenoxy) is 1. The van der Waals surface area contributed by atoms with Gasteiger partial charge in [-0.05, 0) is 39.0 Å². The zero-order valence-corrected chi connectivity index (χ0v) is 12.7. The SMILES string of the molecule is CC(C)(C)OC(=O)Nc1cc(-n2nccn2)cc(C(F)(F)F)c1.